The third kappa shape index (κ3) is 4.18. The standard InChI is InChI=1S/C30H26N4O2/c1-35-23-16-14-22(15-17-23)24-10-7-11-25-28(24)32-30(33-29(25)31-20-21-8-3-2-4-9-21)34-18-19-36-27-13-6-5-12-26(27)34/h2-17H,18-20H2,1H3,(H,31,32,33). The summed E-state index contributed by atoms with van der Waals surface area (Å²) in [4.78, 5) is 12.3. The van der Waals surface area contributed by atoms with Crippen LogP contribution in [-0.4, -0.2) is 30.2 Å². The quantitative estimate of drug-likeness (QED) is 0.305. The van der Waals surface area contributed by atoms with Gasteiger partial charge >= 0.3 is 0 Å². The van der Waals surface area contributed by atoms with Crippen LogP contribution < -0.4 is 19.7 Å². The summed E-state index contributed by atoms with van der Waals surface area (Å²) in [5.74, 6) is 3.12. The van der Waals surface area contributed by atoms with E-state index in [4.69, 9.17) is 19.4 Å². The van der Waals surface area contributed by atoms with Gasteiger partial charge in [0.15, 0.2) is 0 Å². The summed E-state index contributed by atoms with van der Waals surface area (Å²) in [5, 5.41) is 4.55. The number of nitrogens with zero attached hydrogens (tertiary/aromatic N) is 3. The molecule has 1 N–H and O–H groups in total. The highest BCUT2D eigenvalue weighted by molar-refractivity contribution is 6.00. The number of hydrogen-bond acceptors (Lipinski definition) is 6. The second kappa shape index (κ2) is 9.58. The number of rotatable bonds is 6. The van der Waals surface area contributed by atoms with E-state index in [0.717, 1.165) is 45.0 Å². The topological polar surface area (TPSA) is 59.5 Å². The van der Waals surface area contributed by atoms with Crippen molar-refractivity contribution in [3.63, 3.8) is 0 Å². The maximum atomic E-state index is 5.89. The molecule has 2 heterocycles. The molecule has 0 unspecified atom stereocenters. The molecule has 5 aromatic rings. The number of nitrogens with one attached hydrogen (secondary N) is 1. The highest BCUT2D eigenvalue weighted by Gasteiger charge is 2.23. The Bertz CT molecular complexity index is 1500. The second-order valence-electron chi connectivity index (χ2n) is 8.61. The first-order chi connectivity index (χ1) is 17.8. The van der Waals surface area contributed by atoms with Crippen molar-refractivity contribution in [2.45, 2.75) is 6.54 Å². The molecule has 0 saturated carbocycles. The summed E-state index contributed by atoms with van der Waals surface area (Å²) in [5.41, 5.74) is 5.17. The fourth-order valence-corrected chi connectivity index (χ4v) is 4.56. The molecule has 0 radical (unpaired) electrons. The fourth-order valence-electron chi connectivity index (χ4n) is 4.56. The Morgan fingerprint density at radius 3 is 2.50 bits per heavy atom. The molecular weight excluding hydrogens is 448 g/mol. The molecule has 4 aromatic carbocycles. The Balaban J connectivity index is 1.50. The van der Waals surface area contributed by atoms with Gasteiger partial charge < -0.3 is 19.7 Å². The van der Waals surface area contributed by atoms with Gasteiger partial charge in [-0.15, -0.1) is 0 Å². The molecule has 6 rings (SSSR count). The van der Waals surface area contributed by atoms with Crippen LogP contribution in [0.5, 0.6) is 11.5 Å². The molecule has 1 aliphatic heterocycles. The zero-order chi connectivity index (χ0) is 24.3. The second-order valence-corrected chi connectivity index (χ2v) is 8.61. The Morgan fingerprint density at radius 2 is 1.67 bits per heavy atom. The van der Waals surface area contributed by atoms with Crippen molar-refractivity contribution in [1.82, 2.24) is 9.97 Å². The fraction of sp³-hybridized carbons (Fsp3) is 0.133. The molecule has 0 amide bonds. The van der Waals surface area contributed by atoms with E-state index < -0.39 is 0 Å². The molecule has 0 atom stereocenters. The lowest BCUT2D eigenvalue weighted by Crippen LogP contribution is -2.30. The van der Waals surface area contributed by atoms with E-state index in [1.165, 1.54) is 5.56 Å². The van der Waals surface area contributed by atoms with Crippen molar-refractivity contribution in [3.8, 4) is 22.6 Å². The molecule has 0 bridgehead atoms. The third-order valence-electron chi connectivity index (χ3n) is 6.39. The molecule has 6 heteroatoms. The number of hydrogen-bond donors (Lipinski definition) is 1. The summed E-state index contributed by atoms with van der Waals surface area (Å²) < 4.78 is 11.3. The van der Waals surface area contributed by atoms with Crippen molar-refractivity contribution in [3.05, 3.63) is 103 Å². The summed E-state index contributed by atoms with van der Waals surface area (Å²) in [7, 11) is 1.68. The molecule has 36 heavy (non-hydrogen) atoms. The molecule has 0 spiro atoms. The number of methoxy groups -OCH3 is 1. The van der Waals surface area contributed by atoms with Crippen LogP contribution in [0.2, 0.25) is 0 Å². The predicted octanol–water partition coefficient (Wildman–Crippen LogP) is 6.45. The number of aromatic nitrogens is 2. The Morgan fingerprint density at radius 1 is 0.861 bits per heavy atom. The Hall–Kier alpha value is -4.58. The molecule has 0 saturated heterocycles. The van der Waals surface area contributed by atoms with Gasteiger partial charge in [0.2, 0.25) is 5.95 Å². The van der Waals surface area contributed by atoms with Crippen molar-refractivity contribution in [2.75, 3.05) is 30.5 Å². The van der Waals surface area contributed by atoms with E-state index in [2.05, 4.69) is 58.7 Å². The summed E-state index contributed by atoms with van der Waals surface area (Å²) in [6.07, 6.45) is 0. The zero-order valence-electron chi connectivity index (χ0n) is 20.0. The van der Waals surface area contributed by atoms with Crippen molar-refractivity contribution < 1.29 is 9.47 Å². The zero-order valence-corrected chi connectivity index (χ0v) is 20.0. The molecular formula is C30H26N4O2. The van der Waals surface area contributed by atoms with Gasteiger partial charge in [-0.3, -0.25) is 0 Å². The maximum Gasteiger partial charge on any atom is 0.232 e. The van der Waals surface area contributed by atoms with E-state index in [9.17, 15) is 0 Å². The number of fused-ring (bicyclic) bond motifs is 2. The SMILES string of the molecule is COc1ccc(-c2cccc3c(NCc4ccccc4)nc(N4CCOc5ccccc54)nc23)cc1. The number of benzene rings is 4. The number of ether oxygens (including phenoxy) is 2. The lowest BCUT2D eigenvalue weighted by atomic mass is 10.0. The molecule has 178 valence electrons. The molecule has 1 aliphatic rings. The van der Waals surface area contributed by atoms with Crippen LogP contribution in [0.4, 0.5) is 17.5 Å². The summed E-state index contributed by atoms with van der Waals surface area (Å²) >= 11 is 0. The number of para-hydroxylation sites is 3. The first-order valence-electron chi connectivity index (χ1n) is 12.0. The number of anilines is 3. The normalized spacial score (nSPS) is 12.6. The highest BCUT2D eigenvalue weighted by Crippen LogP contribution is 2.38. The van der Waals surface area contributed by atoms with E-state index >= 15 is 0 Å². The average molecular weight is 475 g/mol. The average Bonchev–Trinajstić information content (AvgIpc) is 2.96. The largest absolute Gasteiger partial charge is 0.497 e. The van der Waals surface area contributed by atoms with E-state index in [0.29, 0.717) is 25.6 Å². The van der Waals surface area contributed by atoms with Gasteiger partial charge in [0.25, 0.3) is 0 Å². The van der Waals surface area contributed by atoms with Crippen LogP contribution in [0.25, 0.3) is 22.0 Å². The van der Waals surface area contributed by atoms with Gasteiger partial charge in [0, 0.05) is 17.5 Å². The maximum absolute atomic E-state index is 5.89. The minimum Gasteiger partial charge on any atom is -0.497 e. The van der Waals surface area contributed by atoms with Crippen LogP contribution >= 0.6 is 0 Å². The molecule has 1 aromatic heterocycles. The first-order valence-corrected chi connectivity index (χ1v) is 12.0. The Labute approximate surface area is 210 Å². The van der Waals surface area contributed by atoms with Crippen molar-refractivity contribution in [1.29, 1.82) is 0 Å². The predicted molar refractivity (Wildman–Crippen MR) is 144 cm³/mol. The van der Waals surface area contributed by atoms with Crippen LogP contribution in [-0.2, 0) is 6.54 Å². The van der Waals surface area contributed by atoms with Gasteiger partial charge in [0.05, 0.1) is 24.9 Å². The third-order valence-corrected chi connectivity index (χ3v) is 6.39. The first kappa shape index (κ1) is 21.9. The summed E-state index contributed by atoms with van der Waals surface area (Å²) in [6, 6.07) is 32.7. The van der Waals surface area contributed by atoms with Crippen LogP contribution in [0.1, 0.15) is 5.56 Å². The van der Waals surface area contributed by atoms with Gasteiger partial charge in [-0.25, -0.2) is 4.98 Å². The smallest absolute Gasteiger partial charge is 0.232 e. The van der Waals surface area contributed by atoms with Gasteiger partial charge in [0.1, 0.15) is 23.9 Å². The van der Waals surface area contributed by atoms with E-state index in [1.54, 1.807) is 7.11 Å². The molecule has 6 nitrogen and oxygen atoms in total. The highest BCUT2D eigenvalue weighted by atomic mass is 16.5. The lowest BCUT2D eigenvalue weighted by molar-refractivity contribution is 0.313. The van der Waals surface area contributed by atoms with Crippen molar-refractivity contribution in [2.24, 2.45) is 0 Å². The minimum absolute atomic E-state index is 0.575. The van der Waals surface area contributed by atoms with Crippen LogP contribution in [0, 0.1) is 0 Å². The lowest BCUT2D eigenvalue weighted by Gasteiger charge is -2.30. The van der Waals surface area contributed by atoms with Gasteiger partial charge in [-0.05, 0) is 41.5 Å². The Kier molecular flexibility index (Phi) is 5.83. The monoisotopic (exact) mass is 474 g/mol. The van der Waals surface area contributed by atoms with Gasteiger partial charge in [-0.2, -0.15) is 4.98 Å². The molecule has 0 aliphatic carbocycles. The van der Waals surface area contributed by atoms with Crippen LogP contribution in [0.15, 0.2) is 97.1 Å². The van der Waals surface area contributed by atoms with Crippen molar-refractivity contribution >= 4 is 28.4 Å². The van der Waals surface area contributed by atoms with Gasteiger partial charge in [-0.1, -0.05) is 66.7 Å². The minimum atomic E-state index is 0.575. The molecule has 0 fully saturated rings. The van der Waals surface area contributed by atoms with E-state index in [1.807, 2.05) is 48.5 Å². The van der Waals surface area contributed by atoms with Crippen LogP contribution in [0.3, 0.4) is 0 Å². The summed E-state index contributed by atoms with van der Waals surface area (Å²) in [6.45, 7) is 1.91. The van der Waals surface area contributed by atoms with E-state index in [-0.39, 0.29) is 0 Å².